The zero-order chi connectivity index (χ0) is 16.6. The number of aromatic nitrogens is 4. The van der Waals surface area contributed by atoms with Crippen molar-refractivity contribution < 1.29 is 4.79 Å². The number of likely N-dealkylation sites (tertiary alicyclic amines) is 1. The van der Waals surface area contributed by atoms with Crippen molar-refractivity contribution in [3.8, 4) is 0 Å². The molecule has 0 saturated carbocycles. The molecule has 1 N–H and O–H groups in total. The molecule has 7 heteroatoms. The van der Waals surface area contributed by atoms with Gasteiger partial charge >= 0.3 is 0 Å². The summed E-state index contributed by atoms with van der Waals surface area (Å²) in [7, 11) is 0. The lowest BCUT2D eigenvalue weighted by molar-refractivity contribution is -0.121. The molecule has 0 bridgehead atoms. The first-order valence-corrected chi connectivity index (χ1v) is 8.59. The lowest BCUT2D eigenvalue weighted by atomic mass is 10.0. The van der Waals surface area contributed by atoms with E-state index in [-0.39, 0.29) is 11.9 Å². The molecule has 1 aromatic carbocycles. The maximum atomic E-state index is 12.1. The van der Waals surface area contributed by atoms with Gasteiger partial charge in [0.1, 0.15) is 6.33 Å². The van der Waals surface area contributed by atoms with Crippen LogP contribution in [0.4, 0.5) is 0 Å². The van der Waals surface area contributed by atoms with Crippen LogP contribution in [0.1, 0.15) is 37.3 Å². The van der Waals surface area contributed by atoms with E-state index >= 15 is 0 Å². The predicted molar refractivity (Wildman–Crippen MR) is 90.1 cm³/mol. The first-order valence-electron chi connectivity index (χ1n) is 8.59. The fraction of sp³-hybridized carbons (Fsp3) is 0.529. The predicted octanol–water partition coefficient (Wildman–Crippen LogP) is 1.41. The SMILES string of the molecule is O=C(CCn1cnnn1)NC[C@@H](c1ccccc1)N1CCCCC1. The molecule has 1 fully saturated rings. The molecular formula is C17H24N6O. The van der Waals surface area contributed by atoms with Gasteiger partial charge < -0.3 is 5.32 Å². The Hall–Kier alpha value is -2.28. The average Bonchev–Trinajstić information content (AvgIpc) is 3.16. The number of rotatable bonds is 7. The molecule has 1 aromatic heterocycles. The molecule has 24 heavy (non-hydrogen) atoms. The third kappa shape index (κ3) is 4.61. The number of tetrazole rings is 1. The fourth-order valence-electron chi connectivity index (χ4n) is 3.16. The van der Waals surface area contributed by atoms with Gasteiger partial charge in [0.25, 0.3) is 0 Å². The number of hydrogen-bond donors (Lipinski definition) is 1. The van der Waals surface area contributed by atoms with Gasteiger partial charge in [-0.15, -0.1) is 5.10 Å². The molecule has 1 aliphatic heterocycles. The van der Waals surface area contributed by atoms with Crippen LogP contribution in [0.2, 0.25) is 0 Å². The van der Waals surface area contributed by atoms with Gasteiger partial charge in [0, 0.05) is 13.0 Å². The molecule has 1 saturated heterocycles. The summed E-state index contributed by atoms with van der Waals surface area (Å²) in [5, 5.41) is 14.0. The van der Waals surface area contributed by atoms with Crippen molar-refractivity contribution in [2.75, 3.05) is 19.6 Å². The van der Waals surface area contributed by atoms with Gasteiger partial charge in [0.05, 0.1) is 12.6 Å². The number of benzene rings is 1. The molecule has 3 rings (SSSR count). The third-order valence-electron chi connectivity index (χ3n) is 4.47. The monoisotopic (exact) mass is 328 g/mol. The number of carbonyl (C=O) groups is 1. The maximum Gasteiger partial charge on any atom is 0.221 e. The first-order chi connectivity index (χ1) is 11.8. The van der Waals surface area contributed by atoms with Crippen molar-refractivity contribution in [3.05, 3.63) is 42.2 Å². The number of piperidine rings is 1. The van der Waals surface area contributed by atoms with Crippen LogP contribution in [-0.4, -0.2) is 50.6 Å². The average molecular weight is 328 g/mol. The summed E-state index contributed by atoms with van der Waals surface area (Å²) in [6.45, 7) is 3.33. The van der Waals surface area contributed by atoms with Gasteiger partial charge in [-0.25, -0.2) is 4.68 Å². The standard InChI is InChI=1S/C17H24N6O/c24-17(9-12-23-14-19-20-21-23)18-13-16(15-7-3-1-4-8-15)22-10-5-2-6-11-22/h1,3-4,7-8,14,16H,2,5-6,9-13H2,(H,18,24)/t16-/m0/s1. The Morgan fingerprint density at radius 1 is 1.17 bits per heavy atom. The Bertz CT molecular complexity index is 609. The first kappa shape index (κ1) is 16.6. The molecule has 1 amide bonds. The minimum Gasteiger partial charge on any atom is -0.354 e. The Morgan fingerprint density at radius 3 is 2.67 bits per heavy atom. The summed E-state index contributed by atoms with van der Waals surface area (Å²) in [4.78, 5) is 14.6. The molecule has 0 unspecified atom stereocenters. The molecule has 1 aliphatic rings. The van der Waals surface area contributed by atoms with Gasteiger partial charge in [-0.05, 0) is 41.9 Å². The number of carbonyl (C=O) groups excluding carboxylic acids is 1. The van der Waals surface area contributed by atoms with Crippen LogP contribution >= 0.6 is 0 Å². The van der Waals surface area contributed by atoms with E-state index in [1.54, 1.807) is 4.68 Å². The number of nitrogens with one attached hydrogen (secondary N) is 1. The minimum absolute atomic E-state index is 0.0310. The van der Waals surface area contributed by atoms with E-state index < -0.39 is 0 Å². The van der Waals surface area contributed by atoms with Crippen molar-refractivity contribution in [2.24, 2.45) is 0 Å². The molecule has 7 nitrogen and oxygen atoms in total. The number of nitrogens with zero attached hydrogens (tertiary/aromatic N) is 5. The van der Waals surface area contributed by atoms with Gasteiger partial charge in [0.2, 0.25) is 5.91 Å². The van der Waals surface area contributed by atoms with E-state index in [0.717, 1.165) is 13.1 Å². The summed E-state index contributed by atoms with van der Waals surface area (Å²) < 4.78 is 1.57. The van der Waals surface area contributed by atoms with Crippen LogP contribution in [0, 0.1) is 0 Å². The molecule has 1 atom stereocenters. The summed E-state index contributed by atoms with van der Waals surface area (Å²) in [5.74, 6) is 0.0310. The van der Waals surface area contributed by atoms with Crippen LogP contribution in [0.3, 0.4) is 0 Å². The van der Waals surface area contributed by atoms with Gasteiger partial charge in [-0.2, -0.15) is 0 Å². The molecule has 128 valence electrons. The fourth-order valence-corrected chi connectivity index (χ4v) is 3.16. The van der Waals surface area contributed by atoms with Crippen molar-refractivity contribution in [1.82, 2.24) is 30.4 Å². The second kappa shape index (κ2) is 8.54. The molecule has 0 radical (unpaired) electrons. The lowest BCUT2D eigenvalue weighted by Crippen LogP contribution is -2.40. The summed E-state index contributed by atoms with van der Waals surface area (Å²) in [6, 6.07) is 10.7. The highest BCUT2D eigenvalue weighted by Crippen LogP contribution is 2.23. The number of aryl methyl sites for hydroxylation is 1. The van der Waals surface area contributed by atoms with Crippen LogP contribution in [0.25, 0.3) is 0 Å². The third-order valence-corrected chi connectivity index (χ3v) is 4.47. The second-order valence-electron chi connectivity index (χ2n) is 6.15. The van der Waals surface area contributed by atoms with E-state index in [1.165, 1.54) is 31.2 Å². The minimum atomic E-state index is 0.0310. The Labute approximate surface area is 142 Å². The van der Waals surface area contributed by atoms with Crippen molar-refractivity contribution in [2.45, 2.75) is 38.3 Å². The second-order valence-corrected chi connectivity index (χ2v) is 6.15. The lowest BCUT2D eigenvalue weighted by Gasteiger charge is -2.35. The molecule has 0 aliphatic carbocycles. The van der Waals surface area contributed by atoms with E-state index in [2.05, 4.69) is 50.0 Å². The summed E-state index contributed by atoms with van der Waals surface area (Å²) in [5.41, 5.74) is 1.26. The molecule has 2 aromatic rings. The Balaban J connectivity index is 1.56. The van der Waals surface area contributed by atoms with Crippen LogP contribution in [0.15, 0.2) is 36.7 Å². The van der Waals surface area contributed by atoms with Crippen LogP contribution in [0.5, 0.6) is 0 Å². The highest BCUT2D eigenvalue weighted by molar-refractivity contribution is 5.75. The van der Waals surface area contributed by atoms with Crippen molar-refractivity contribution >= 4 is 5.91 Å². The van der Waals surface area contributed by atoms with Gasteiger partial charge in [-0.3, -0.25) is 9.69 Å². The van der Waals surface area contributed by atoms with Crippen molar-refractivity contribution in [1.29, 1.82) is 0 Å². The highest BCUT2D eigenvalue weighted by atomic mass is 16.1. The highest BCUT2D eigenvalue weighted by Gasteiger charge is 2.22. The van der Waals surface area contributed by atoms with E-state index in [9.17, 15) is 4.79 Å². The zero-order valence-electron chi connectivity index (χ0n) is 13.8. The topological polar surface area (TPSA) is 75.9 Å². The quantitative estimate of drug-likeness (QED) is 0.831. The van der Waals surface area contributed by atoms with E-state index in [0.29, 0.717) is 19.5 Å². The van der Waals surface area contributed by atoms with Gasteiger partial charge in [0.15, 0.2) is 0 Å². The molecular weight excluding hydrogens is 304 g/mol. The molecule has 2 heterocycles. The number of hydrogen-bond acceptors (Lipinski definition) is 5. The smallest absolute Gasteiger partial charge is 0.221 e. The normalized spacial score (nSPS) is 16.7. The maximum absolute atomic E-state index is 12.1. The van der Waals surface area contributed by atoms with Crippen LogP contribution in [-0.2, 0) is 11.3 Å². The largest absolute Gasteiger partial charge is 0.354 e. The number of amides is 1. The van der Waals surface area contributed by atoms with Gasteiger partial charge in [-0.1, -0.05) is 36.8 Å². The summed E-state index contributed by atoms with van der Waals surface area (Å²) in [6.07, 6.45) is 5.67. The molecule has 0 spiro atoms. The van der Waals surface area contributed by atoms with E-state index in [1.807, 2.05) is 6.07 Å². The van der Waals surface area contributed by atoms with Crippen molar-refractivity contribution in [3.63, 3.8) is 0 Å². The van der Waals surface area contributed by atoms with E-state index in [4.69, 9.17) is 0 Å². The van der Waals surface area contributed by atoms with Crippen LogP contribution < -0.4 is 5.32 Å². The summed E-state index contributed by atoms with van der Waals surface area (Å²) >= 11 is 0. The zero-order valence-corrected chi connectivity index (χ0v) is 13.8. The Kier molecular flexibility index (Phi) is 5.90. The Morgan fingerprint density at radius 2 is 1.96 bits per heavy atom.